The number of hydrogen-bond acceptors (Lipinski definition) is 4. The molecule has 4 N–H and O–H groups in total. The maximum absolute atomic E-state index is 11.6. The van der Waals surface area contributed by atoms with Gasteiger partial charge in [0.05, 0.1) is 12.0 Å². The molecule has 6 nitrogen and oxygen atoms in total. The average molecular weight is 239 g/mol. The molecule has 0 aliphatic rings. The van der Waals surface area contributed by atoms with Crippen molar-refractivity contribution >= 4 is 11.8 Å². The molecule has 0 aromatic carbocycles. The number of nitrogens with one attached hydrogen (secondary N) is 1. The van der Waals surface area contributed by atoms with Crippen molar-refractivity contribution in [3.63, 3.8) is 0 Å². The van der Waals surface area contributed by atoms with E-state index in [2.05, 4.69) is 9.97 Å². The van der Waals surface area contributed by atoms with E-state index in [1.807, 2.05) is 20.8 Å². The van der Waals surface area contributed by atoms with Gasteiger partial charge in [0.1, 0.15) is 11.6 Å². The summed E-state index contributed by atoms with van der Waals surface area (Å²) in [5.74, 6) is -0.628. The van der Waals surface area contributed by atoms with E-state index in [1.54, 1.807) is 0 Å². The Labute approximate surface area is 98.9 Å². The highest BCUT2D eigenvalue weighted by molar-refractivity contribution is 5.71. The van der Waals surface area contributed by atoms with Crippen molar-refractivity contribution in [2.45, 2.75) is 33.6 Å². The van der Waals surface area contributed by atoms with E-state index in [1.165, 1.54) is 0 Å². The molecule has 0 radical (unpaired) electrons. The van der Waals surface area contributed by atoms with E-state index in [-0.39, 0.29) is 16.8 Å². The van der Waals surface area contributed by atoms with Gasteiger partial charge in [-0.15, -0.1) is 0 Å². The molecule has 1 rings (SSSR count). The van der Waals surface area contributed by atoms with Crippen LogP contribution in [0.1, 0.15) is 32.2 Å². The van der Waals surface area contributed by atoms with Crippen LogP contribution in [0.2, 0.25) is 0 Å². The highest BCUT2D eigenvalue weighted by Gasteiger charge is 2.16. The molecule has 0 bridgehead atoms. The monoisotopic (exact) mass is 239 g/mol. The van der Waals surface area contributed by atoms with E-state index >= 15 is 0 Å². The molecule has 0 atom stereocenters. The zero-order valence-corrected chi connectivity index (χ0v) is 10.2. The number of nitrogens with zero attached hydrogens (tertiary/aromatic N) is 1. The normalized spacial score (nSPS) is 11.5. The molecule has 0 saturated carbocycles. The lowest BCUT2D eigenvalue weighted by atomic mass is 9.92. The summed E-state index contributed by atoms with van der Waals surface area (Å²) in [7, 11) is 0. The number of nitrogens with two attached hydrogens (primary N) is 1. The van der Waals surface area contributed by atoms with Crippen molar-refractivity contribution in [2.24, 2.45) is 5.41 Å². The number of carbonyl (C=O) groups is 1. The minimum Gasteiger partial charge on any atom is -0.481 e. The summed E-state index contributed by atoms with van der Waals surface area (Å²) in [5.41, 5.74) is 5.10. The van der Waals surface area contributed by atoms with Crippen molar-refractivity contribution in [1.29, 1.82) is 0 Å². The number of hydrogen-bond donors (Lipinski definition) is 3. The first-order chi connectivity index (χ1) is 7.69. The Balaban J connectivity index is 3.10. The maximum Gasteiger partial charge on any atom is 0.308 e. The number of carboxylic acid groups (broad SMARTS) is 1. The van der Waals surface area contributed by atoms with Crippen LogP contribution in [0, 0.1) is 5.41 Å². The van der Waals surface area contributed by atoms with Gasteiger partial charge >= 0.3 is 5.97 Å². The van der Waals surface area contributed by atoms with E-state index in [0.29, 0.717) is 12.2 Å². The van der Waals surface area contributed by atoms with Gasteiger partial charge in [-0.2, -0.15) is 0 Å². The molecule has 0 aliphatic heterocycles. The van der Waals surface area contributed by atoms with E-state index < -0.39 is 17.9 Å². The number of H-pyrrole nitrogens is 1. The zero-order chi connectivity index (χ0) is 13.2. The van der Waals surface area contributed by atoms with Crippen LogP contribution in [0.3, 0.4) is 0 Å². The lowest BCUT2D eigenvalue weighted by Crippen LogP contribution is -2.24. The average Bonchev–Trinajstić information content (AvgIpc) is 2.08. The number of nitrogen functional groups attached to an aromatic ring is 1. The molecule has 0 fully saturated rings. The molecular formula is C11H17N3O3. The third-order valence-corrected chi connectivity index (χ3v) is 2.12. The van der Waals surface area contributed by atoms with Crippen LogP contribution in [0.5, 0.6) is 0 Å². The van der Waals surface area contributed by atoms with Crippen LogP contribution in [0.4, 0.5) is 5.82 Å². The summed E-state index contributed by atoms with van der Waals surface area (Å²) in [5, 5.41) is 8.64. The fourth-order valence-electron chi connectivity index (χ4n) is 1.47. The number of aliphatic carboxylic acids is 1. The van der Waals surface area contributed by atoms with Gasteiger partial charge in [0.15, 0.2) is 0 Å². The number of aromatic nitrogens is 2. The standard InChI is InChI=1S/C11H17N3O3/c1-11(2,3)5-7-13-9(12)6(4-8(15)16)10(17)14-7/h4-5H2,1-3H3,(H,15,16)(H3,12,13,14,17). The van der Waals surface area contributed by atoms with Crippen molar-refractivity contribution < 1.29 is 9.90 Å². The second-order valence-corrected chi connectivity index (χ2v) is 5.18. The lowest BCUT2D eigenvalue weighted by molar-refractivity contribution is -0.136. The van der Waals surface area contributed by atoms with Gasteiger partial charge in [-0.3, -0.25) is 9.59 Å². The fourth-order valence-corrected chi connectivity index (χ4v) is 1.47. The Morgan fingerprint density at radius 3 is 2.47 bits per heavy atom. The fraction of sp³-hybridized carbons (Fsp3) is 0.545. The van der Waals surface area contributed by atoms with Crippen LogP contribution < -0.4 is 11.3 Å². The molecule has 1 aromatic heterocycles. The predicted octanol–water partition coefficient (Wildman–Crippen LogP) is 0.568. The molecule has 0 amide bonds. The van der Waals surface area contributed by atoms with Gasteiger partial charge in [0.25, 0.3) is 5.56 Å². The highest BCUT2D eigenvalue weighted by Crippen LogP contribution is 2.18. The smallest absolute Gasteiger partial charge is 0.308 e. The Morgan fingerprint density at radius 1 is 1.47 bits per heavy atom. The number of carboxylic acids is 1. The molecule has 1 aromatic rings. The molecular weight excluding hydrogens is 222 g/mol. The van der Waals surface area contributed by atoms with Gasteiger partial charge in [-0.25, -0.2) is 4.98 Å². The number of aromatic amines is 1. The molecule has 1 heterocycles. The van der Waals surface area contributed by atoms with Crippen LogP contribution in [0.25, 0.3) is 0 Å². The molecule has 6 heteroatoms. The van der Waals surface area contributed by atoms with Crippen molar-refractivity contribution in [1.82, 2.24) is 9.97 Å². The summed E-state index contributed by atoms with van der Waals surface area (Å²) < 4.78 is 0. The van der Waals surface area contributed by atoms with Crippen LogP contribution in [0.15, 0.2) is 4.79 Å². The minimum atomic E-state index is -1.10. The Kier molecular flexibility index (Phi) is 3.55. The van der Waals surface area contributed by atoms with Crippen molar-refractivity contribution in [3.8, 4) is 0 Å². The molecule has 0 saturated heterocycles. The first-order valence-corrected chi connectivity index (χ1v) is 5.28. The van der Waals surface area contributed by atoms with Gasteiger partial charge in [0, 0.05) is 6.42 Å². The quantitative estimate of drug-likeness (QED) is 0.714. The number of anilines is 1. The second kappa shape index (κ2) is 4.57. The topological polar surface area (TPSA) is 109 Å². The lowest BCUT2D eigenvalue weighted by Gasteiger charge is -2.17. The van der Waals surface area contributed by atoms with Gasteiger partial charge < -0.3 is 15.8 Å². The first kappa shape index (κ1) is 13.2. The number of rotatable bonds is 3. The molecule has 0 unspecified atom stereocenters. The predicted molar refractivity (Wildman–Crippen MR) is 63.8 cm³/mol. The van der Waals surface area contributed by atoms with Gasteiger partial charge in [-0.05, 0) is 5.41 Å². The summed E-state index contributed by atoms with van der Waals surface area (Å²) in [4.78, 5) is 28.8. The summed E-state index contributed by atoms with van der Waals surface area (Å²) in [6, 6.07) is 0. The van der Waals surface area contributed by atoms with Crippen LogP contribution in [-0.2, 0) is 17.6 Å². The summed E-state index contributed by atoms with van der Waals surface area (Å²) >= 11 is 0. The SMILES string of the molecule is CC(C)(C)Cc1nc(N)c(CC(=O)O)c(=O)[nH]1. The van der Waals surface area contributed by atoms with Crippen LogP contribution >= 0.6 is 0 Å². The largest absolute Gasteiger partial charge is 0.481 e. The highest BCUT2D eigenvalue weighted by atomic mass is 16.4. The minimum absolute atomic E-state index is 0.00426. The third kappa shape index (κ3) is 3.90. The van der Waals surface area contributed by atoms with E-state index in [9.17, 15) is 9.59 Å². The maximum atomic E-state index is 11.6. The Bertz CT molecular complexity index is 486. The Hall–Kier alpha value is -1.85. The molecule has 17 heavy (non-hydrogen) atoms. The third-order valence-electron chi connectivity index (χ3n) is 2.12. The molecule has 0 spiro atoms. The second-order valence-electron chi connectivity index (χ2n) is 5.18. The van der Waals surface area contributed by atoms with E-state index in [4.69, 9.17) is 10.8 Å². The van der Waals surface area contributed by atoms with Gasteiger partial charge in [-0.1, -0.05) is 20.8 Å². The summed E-state index contributed by atoms with van der Waals surface area (Å²) in [6.45, 7) is 6.02. The Morgan fingerprint density at radius 2 is 2.06 bits per heavy atom. The van der Waals surface area contributed by atoms with Crippen molar-refractivity contribution in [3.05, 3.63) is 21.7 Å². The zero-order valence-electron chi connectivity index (χ0n) is 10.2. The van der Waals surface area contributed by atoms with Crippen LogP contribution in [-0.4, -0.2) is 21.0 Å². The summed E-state index contributed by atoms with van der Waals surface area (Å²) in [6.07, 6.45) is 0.157. The van der Waals surface area contributed by atoms with E-state index in [0.717, 1.165) is 0 Å². The van der Waals surface area contributed by atoms with Crippen molar-refractivity contribution in [2.75, 3.05) is 5.73 Å². The molecule has 94 valence electrons. The first-order valence-electron chi connectivity index (χ1n) is 5.28. The van der Waals surface area contributed by atoms with Gasteiger partial charge in [0.2, 0.25) is 0 Å². The molecule has 0 aliphatic carbocycles.